The number of aromatic nitrogens is 1. The minimum atomic E-state index is -4.83. The van der Waals surface area contributed by atoms with Gasteiger partial charge >= 0.3 is 6.18 Å². The molecule has 5 rings (SSSR count). The Bertz CT molecular complexity index is 1700. The van der Waals surface area contributed by atoms with E-state index in [9.17, 15) is 18.0 Å². The Morgan fingerprint density at radius 2 is 1.84 bits per heavy atom. The van der Waals surface area contributed by atoms with Crippen LogP contribution >= 0.6 is 0 Å². The van der Waals surface area contributed by atoms with Crippen molar-refractivity contribution in [1.82, 2.24) is 4.98 Å². The van der Waals surface area contributed by atoms with E-state index < -0.39 is 23.6 Å². The zero-order valence-corrected chi connectivity index (χ0v) is 22.5. The first-order valence-electron chi connectivity index (χ1n) is 11.2. The van der Waals surface area contributed by atoms with Crippen LogP contribution in [0.25, 0.3) is 48.9 Å². The molecule has 195 valence electrons. The van der Waals surface area contributed by atoms with Crippen molar-refractivity contribution in [3.8, 4) is 11.3 Å². The largest absolute Gasteiger partial charge is 0.504 e. The summed E-state index contributed by atoms with van der Waals surface area (Å²) >= 11 is 0. The number of carbonyl (C=O) groups excluding carboxylic acids is 1. The van der Waals surface area contributed by atoms with Crippen molar-refractivity contribution >= 4 is 44.3 Å². The molecule has 5 nitrogen and oxygen atoms in total. The van der Waals surface area contributed by atoms with Crippen LogP contribution in [0.1, 0.15) is 13.8 Å². The van der Waals surface area contributed by atoms with Crippen LogP contribution in [0, 0.1) is 18.6 Å². The molecule has 0 aliphatic rings. The van der Waals surface area contributed by atoms with Crippen LogP contribution in [-0.4, -0.2) is 22.1 Å². The predicted molar refractivity (Wildman–Crippen MR) is 136 cm³/mol. The molecule has 1 N–H and O–H groups in total. The number of aliphatic hydroxyl groups excluding tert-OH is 1. The molecule has 0 fully saturated rings. The topological polar surface area (TPSA) is 67.7 Å². The van der Waals surface area contributed by atoms with Gasteiger partial charge in [-0.25, -0.2) is 4.85 Å². The van der Waals surface area contributed by atoms with Gasteiger partial charge in [-0.15, -0.1) is 18.2 Å². The zero-order chi connectivity index (χ0) is 26.7. The molecule has 2 aromatic heterocycles. The van der Waals surface area contributed by atoms with E-state index in [0.29, 0.717) is 11.3 Å². The molecule has 0 aliphatic heterocycles. The molecule has 1 radical (unpaired) electrons. The number of rotatable bonds is 3. The second kappa shape index (κ2) is 11.6. The number of furan rings is 1. The summed E-state index contributed by atoms with van der Waals surface area (Å²) in [6.07, 6.45) is -4.63. The van der Waals surface area contributed by atoms with Crippen molar-refractivity contribution in [3.63, 3.8) is 0 Å². The molecule has 0 aliphatic carbocycles. The van der Waals surface area contributed by atoms with Crippen molar-refractivity contribution < 1.29 is 47.6 Å². The second-order valence-electron chi connectivity index (χ2n) is 8.46. The maximum Gasteiger partial charge on any atom is 0.448 e. The molecule has 2 heterocycles. The van der Waals surface area contributed by atoms with Crippen molar-refractivity contribution in [2.45, 2.75) is 20.0 Å². The third kappa shape index (κ3) is 6.10. The average molecular weight is 694 g/mol. The number of alkyl halides is 3. The fraction of sp³-hybridized carbons (Fsp3) is 0.138. The number of hydrogen-bond donors (Lipinski definition) is 1. The summed E-state index contributed by atoms with van der Waals surface area (Å²) in [4.78, 5) is 18.9. The van der Waals surface area contributed by atoms with Gasteiger partial charge in [0.15, 0.2) is 11.5 Å². The first kappa shape index (κ1) is 28.6. The van der Waals surface area contributed by atoms with Crippen molar-refractivity contribution in [1.29, 1.82) is 0 Å². The molecule has 0 saturated carbocycles. The van der Waals surface area contributed by atoms with Crippen molar-refractivity contribution in [2.75, 3.05) is 0 Å². The Balaban J connectivity index is 0.000000265. The summed E-state index contributed by atoms with van der Waals surface area (Å²) in [5.41, 5.74) is 4.64. The number of carbonyl (C=O) groups is 1. The SMILES string of the molecule is CC(C)C(=O)/C=C(\O)C(F)(F)F.[C-]#[N+]c1ccc2c(c1)oc1c(-c3ccc4ccccc4n3)[c-]ccc12.[Ir]. The van der Waals surface area contributed by atoms with Gasteiger partial charge in [0.05, 0.1) is 17.7 Å². The van der Waals surface area contributed by atoms with Crippen LogP contribution in [0.4, 0.5) is 18.9 Å². The molecular weight excluding hydrogens is 674 g/mol. The number of allylic oxidation sites excluding steroid dienone is 2. The van der Waals surface area contributed by atoms with Gasteiger partial charge in [0.25, 0.3) is 0 Å². The average Bonchev–Trinajstić information content (AvgIpc) is 3.26. The van der Waals surface area contributed by atoms with E-state index in [1.807, 2.05) is 54.6 Å². The summed E-state index contributed by atoms with van der Waals surface area (Å²) in [7, 11) is 0. The molecular formula is C29H20F3IrN2O3-. The molecule has 0 unspecified atom stereocenters. The van der Waals surface area contributed by atoms with Gasteiger partial charge in [-0.1, -0.05) is 67.3 Å². The second-order valence-corrected chi connectivity index (χ2v) is 8.46. The van der Waals surface area contributed by atoms with E-state index >= 15 is 0 Å². The molecule has 0 saturated heterocycles. The van der Waals surface area contributed by atoms with Gasteiger partial charge in [-0.05, 0) is 23.2 Å². The first-order chi connectivity index (χ1) is 17.6. The summed E-state index contributed by atoms with van der Waals surface area (Å²) in [5, 5.41) is 11.4. The monoisotopic (exact) mass is 694 g/mol. The molecule has 9 heteroatoms. The molecule has 5 aromatic rings. The zero-order valence-electron chi connectivity index (χ0n) is 20.1. The first-order valence-corrected chi connectivity index (χ1v) is 11.2. The van der Waals surface area contributed by atoms with Gasteiger partial charge in [0.1, 0.15) is 5.58 Å². The standard InChI is InChI=1S/C22H11N2O.C7H9F3O2.Ir/c1-23-15-10-11-16-17-6-4-7-18(22(17)25-21(16)13-15)20-12-9-14-5-2-3-8-19(14)24-20;1-4(2)5(11)3-6(12)7(8,9)10;/h2-6,8-13H;3-4,12H,1-2H3;/q-1;;/b;6-3-;. The summed E-state index contributed by atoms with van der Waals surface area (Å²) in [5.74, 6) is -3.14. The van der Waals surface area contributed by atoms with Gasteiger partial charge in [-0.3, -0.25) is 9.78 Å². The molecule has 0 amide bonds. The molecule has 0 spiro atoms. The Morgan fingerprint density at radius 3 is 2.53 bits per heavy atom. The molecule has 3 aromatic carbocycles. The smallest absolute Gasteiger partial charge is 0.448 e. The van der Waals surface area contributed by atoms with E-state index in [0.717, 1.165) is 38.5 Å². The van der Waals surface area contributed by atoms with Crippen LogP contribution in [0.5, 0.6) is 0 Å². The number of ketones is 1. The van der Waals surface area contributed by atoms with Crippen molar-refractivity contribution in [3.05, 3.63) is 96.0 Å². The third-order valence-corrected chi connectivity index (χ3v) is 5.54. The quantitative estimate of drug-likeness (QED) is 0.117. The number of halogens is 3. The summed E-state index contributed by atoms with van der Waals surface area (Å²) in [6, 6.07) is 24.8. The number of hydrogen-bond acceptors (Lipinski definition) is 4. The van der Waals surface area contributed by atoms with E-state index in [1.54, 1.807) is 6.07 Å². The Kier molecular flexibility index (Phi) is 8.72. The fourth-order valence-electron chi connectivity index (χ4n) is 3.58. The van der Waals surface area contributed by atoms with Crippen LogP contribution < -0.4 is 0 Å². The normalized spacial score (nSPS) is 11.7. The van der Waals surface area contributed by atoms with Crippen molar-refractivity contribution in [2.24, 2.45) is 5.92 Å². The fourth-order valence-corrected chi connectivity index (χ4v) is 3.58. The van der Waals surface area contributed by atoms with Crippen LogP contribution in [-0.2, 0) is 24.9 Å². The minimum Gasteiger partial charge on any atom is -0.504 e. The van der Waals surface area contributed by atoms with Crippen LogP contribution in [0.2, 0.25) is 0 Å². The Morgan fingerprint density at radius 1 is 1.11 bits per heavy atom. The number of nitrogens with zero attached hydrogens (tertiary/aromatic N) is 2. The van der Waals surface area contributed by atoms with Crippen LogP contribution in [0.15, 0.2) is 83.0 Å². The van der Waals surface area contributed by atoms with Crippen LogP contribution in [0.3, 0.4) is 0 Å². The van der Waals surface area contributed by atoms with Gasteiger partial charge in [0.2, 0.25) is 5.76 Å². The molecule has 0 atom stereocenters. The number of benzene rings is 3. The number of para-hydroxylation sites is 1. The van der Waals surface area contributed by atoms with E-state index in [2.05, 4.69) is 17.0 Å². The number of fused-ring (bicyclic) bond motifs is 4. The summed E-state index contributed by atoms with van der Waals surface area (Å²) < 4.78 is 40.9. The van der Waals surface area contributed by atoms with E-state index in [1.165, 1.54) is 13.8 Å². The maximum atomic E-state index is 11.6. The predicted octanol–water partition coefficient (Wildman–Crippen LogP) is 8.37. The minimum absolute atomic E-state index is 0. The van der Waals surface area contributed by atoms with Gasteiger partial charge in [0, 0.05) is 37.5 Å². The third-order valence-electron chi connectivity index (χ3n) is 5.54. The van der Waals surface area contributed by atoms with E-state index in [4.69, 9.17) is 21.1 Å². The molecule has 0 bridgehead atoms. The van der Waals surface area contributed by atoms with Gasteiger partial charge in [-0.2, -0.15) is 13.2 Å². The molecule has 38 heavy (non-hydrogen) atoms. The summed E-state index contributed by atoms with van der Waals surface area (Å²) in [6.45, 7) is 10.1. The maximum absolute atomic E-state index is 11.6. The van der Waals surface area contributed by atoms with E-state index in [-0.39, 0.29) is 26.2 Å². The Hall–Kier alpha value is -3.99. The number of pyridine rings is 1. The number of aliphatic hydroxyl groups is 1. The van der Waals surface area contributed by atoms with Gasteiger partial charge < -0.3 is 9.52 Å². The Labute approximate surface area is 229 Å².